The number of nitrogens with two attached hydrogens (primary N) is 1. The van der Waals surface area contributed by atoms with E-state index in [2.05, 4.69) is 29.8 Å². The van der Waals surface area contributed by atoms with E-state index >= 15 is 0 Å². The third-order valence-corrected chi connectivity index (χ3v) is 4.90. The van der Waals surface area contributed by atoms with Gasteiger partial charge < -0.3 is 5.73 Å². The third-order valence-electron chi connectivity index (χ3n) is 3.89. The van der Waals surface area contributed by atoms with E-state index in [1.807, 2.05) is 30.5 Å². The number of rotatable bonds is 6. The number of hydrogen-bond donors (Lipinski definition) is 1. The highest BCUT2D eigenvalue weighted by atomic mass is 32.1. The Labute approximate surface area is 141 Å². The van der Waals surface area contributed by atoms with Gasteiger partial charge in [0.15, 0.2) is 0 Å². The van der Waals surface area contributed by atoms with Crippen molar-refractivity contribution in [2.45, 2.75) is 26.8 Å². The minimum atomic E-state index is 0.756. The number of hydrogen-bond acceptors (Lipinski definition) is 5. The molecule has 4 nitrogen and oxygen atoms in total. The Bertz CT molecular complexity index is 797. The van der Waals surface area contributed by atoms with Crippen molar-refractivity contribution in [1.29, 1.82) is 0 Å². The number of anilines is 1. The van der Waals surface area contributed by atoms with Crippen LogP contribution in [0.5, 0.6) is 0 Å². The lowest BCUT2D eigenvalue weighted by Crippen LogP contribution is -2.23. The van der Waals surface area contributed by atoms with Crippen LogP contribution in [0.1, 0.15) is 25.8 Å². The van der Waals surface area contributed by atoms with Crippen molar-refractivity contribution in [3.63, 3.8) is 0 Å². The molecule has 2 N–H and O–H groups in total. The highest BCUT2D eigenvalue weighted by Crippen LogP contribution is 2.32. The van der Waals surface area contributed by atoms with Gasteiger partial charge in [-0.3, -0.25) is 4.90 Å². The van der Waals surface area contributed by atoms with Crippen LogP contribution in [-0.4, -0.2) is 28.0 Å². The topological polar surface area (TPSA) is 55.0 Å². The summed E-state index contributed by atoms with van der Waals surface area (Å²) in [6.07, 6.45) is 3.13. The van der Waals surface area contributed by atoms with Crippen molar-refractivity contribution in [2.75, 3.05) is 18.8 Å². The van der Waals surface area contributed by atoms with Crippen molar-refractivity contribution < 1.29 is 0 Å². The molecule has 1 aromatic carbocycles. The number of pyridine rings is 1. The Morgan fingerprint density at radius 2 is 2.04 bits per heavy atom. The first kappa shape index (κ1) is 15.9. The zero-order chi connectivity index (χ0) is 16.2. The van der Waals surface area contributed by atoms with E-state index in [1.54, 1.807) is 11.3 Å². The molecule has 0 saturated heterocycles. The number of aromatic nitrogens is 2. The van der Waals surface area contributed by atoms with Crippen LogP contribution in [0.4, 0.5) is 5.69 Å². The molecule has 23 heavy (non-hydrogen) atoms. The van der Waals surface area contributed by atoms with Crippen LogP contribution < -0.4 is 5.73 Å². The molecule has 0 spiro atoms. The standard InChI is InChI=1S/C18H22N4S/c1-3-9-22(4-2)12-13-10-16-18(20-11-13)23-17(21-16)14-7-5-6-8-15(14)19/h5-8,10-11H,3-4,9,12,19H2,1-2H3. The Morgan fingerprint density at radius 1 is 1.22 bits per heavy atom. The first-order chi connectivity index (χ1) is 11.2. The summed E-state index contributed by atoms with van der Waals surface area (Å²) in [6.45, 7) is 7.49. The Kier molecular flexibility index (Phi) is 4.88. The molecular formula is C18H22N4S. The van der Waals surface area contributed by atoms with Crippen LogP contribution in [-0.2, 0) is 6.54 Å². The number of thiazole rings is 1. The van der Waals surface area contributed by atoms with E-state index in [-0.39, 0.29) is 0 Å². The summed E-state index contributed by atoms with van der Waals surface area (Å²) in [5.74, 6) is 0. The van der Waals surface area contributed by atoms with Gasteiger partial charge in [0, 0.05) is 24.0 Å². The molecule has 0 unspecified atom stereocenters. The monoisotopic (exact) mass is 326 g/mol. The van der Waals surface area contributed by atoms with Crippen molar-refractivity contribution in [3.05, 3.63) is 42.1 Å². The fraction of sp³-hybridized carbons (Fsp3) is 0.333. The molecule has 120 valence electrons. The smallest absolute Gasteiger partial charge is 0.143 e. The van der Waals surface area contributed by atoms with Crippen molar-refractivity contribution >= 4 is 27.4 Å². The minimum absolute atomic E-state index is 0.756. The maximum Gasteiger partial charge on any atom is 0.143 e. The van der Waals surface area contributed by atoms with Crippen molar-refractivity contribution in [2.24, 2.45) is 0 Å². The van der Waals surface area contributed by atoms with Gasteiger partial charge in [0.2, 0.25) is 0 Å². The van der Waals surface area contributed by atoms with Gasteiger partial charge in [0.05, 0.1) is 0 Å². The summed E-state index contributed by atoms with van der Waals surface area (Å²) in [6, 6.07) is 9.99. The van der Waals surface area contributed by atoms with Gasteiger partial charge in [-0.1, -0.05) is 37.3 Å². The van der Waals surface area contributed by atoms with E-state index in [9.17, 15) is 0 Å². The zero-order valence-electron chi connectivity index (χ0n) is 13.6. The number of benzene rings is 1. The van der Waals surface area contributed by atoms with Crippen LogP contribution in [0, 0.1) is 0 Å². The van der Waals surface area contributed by atoms with E-state index in [0.29, 0.717) is 0 Å². The van der Waals surface area contributed by atoms with Gasteiger partial charge >= 0.3 is 0 Å². The second-order valence-electron chi connectivity index (χ2n) is 5.64. The summed E-state index contributed by atoms with van der Waals surface area (Å²) in [7, 11) is 0. The van der Waals surface area contributed by atoms with Gasteiger partial charge in [-0.25, -0.2) is 9.97 Å². The molecule has 5 heteroatoms. The fourth-order valence-electron chi connectivity index (χ4n) is 2.68. The predicted octanol–water partition coefficient (Wildman–Crippen LogP) is 4.17. The molecule has 0 fully saturated rings. The summed E-state index contributed by atoms with van der Waals surface area (Å²) in [4.78, 5) is 12.7. The van der Waals surface area contributed by atoms with E-state index in [4.69, 9.17) is 10.7 Å². The second-order valence-corrected chi connectivity index (χ2v) is 6.62. The molecule has 0 radical (unpaired) electrons. The lowest BCUT2D eigenvalue weighted by atomic mass is 10.2. The summed E-state index contributed by atoms with van der Waals surface area (Å²) < 4.78 is 0. The predicted molar refractivity (Wildman–Crippen MR) is 98.5 cm³/mol. The van der Waals surface area contributed by atoms with Crippen LogP contribution >= 0.6 is 11.3 Å². The quantitative estimate of drug-likeness (QED) is 0.691. The van der Waals surface area contributed by atoms with Gasteiger partial charge in [0.1, 0.15) is 15.4 Å². The minimum Gasteiger partial charge on any atom is -0.398 e. The maximum atomic E-state index is 6.06. The lowest BCUT2D eigenvalue weighted by molar-refractivity contribution is 0.280. The zero-order valence-corrected chi connectivity index (χ0v) is 14.4. The Hall–Kier alpha value is -1.98. The number of para-hydroxylation sites is 1. The molecule has 2 aromatic heterocycles. The molecule has 0 atom stereocenters. The molecule has 0 saturated carbocycles. The van der Waals surface area contributed by atoms with Crippen LogP contribution in [0.3, 0.4) is 0 Å². The Morgan fingerprint density at radius 3 is 2.78 bits per heavy atom. The van der Waals surface area contributed by atoms with E-state index in [0.717, 1.165) is 52.7 Å². The SMILES string of the molecule is CCCN(CC)Cc1cnc2sc(-c3ccccc3N)nc2c1. The highest BCUT2D eigenvalue weighted by molar-refractivity contribution is 7.21. The molecule has 0 aliphatic heterocycles. The van der Waals surface area contributed by atoms with Crippen molar-refractivity contribution in [3.8, 4) is 10.6 Å². The summed E-state index contributed by atoms with van der Waals surface area (Å²) in [5.41, 5.74) is 9.97. The van der Waals surface area contributed by atoms with E-state index < -0.39 is 0 Å². The van der Waals surface area contributed by atoms with Crippen LogP contribution in [0.25, 0.3) is 20.9 Å². The van der Waals surface area contributed by atoms with E-state index in [1.165, 1.54) is 5.56 Å². The Balaban J connectivity index is 1.90. The molecule has 0 amide bonds. The molecule has 2 heterocycles. The number of nitrogens with zero attached hydrogens (tertiary/aromatic N) is 3. The lowest BCUT2D eigenvalue weighted by Gasteiger charge is -2.19. The number of nitrogen functional groups attached to an aromatic ring is 1. The molecular weight excluding hydrogens is 304 g/mol. The van der Waals surface area contributed by atoms with Gasteiger partial charge in [-0.2, -0.15) is 0 Å². The van der Waals surface area contributed by atoms with Crippen molar-refractivity contribution in [1.82, 2.24) is 14.9 Å². The average Bonchev–Trinajstić information content (AvgIpc) is 2.97. The molecule has 0 aliphatic carbocycles. The summed E-state index contributed by atoms with van der Waals surface area (Å²) >= 11 is 1.59. The first-order valence-corrected chi connectivity index (χ1v) is 8.85. The highest BCUT2D eigenvalue weighted by Gasteiger charge is 2.11. The number of fused-ring (bicyclic) bond motifs is 1. The molecule has 0 bridgehead atoms. The van der Waals surface area contributed by atoms with Gasteiger partial charge in [-0.05, 0) is 43.3 Å². The molecule has 3 aromatic rings. The fourth-order valence-corrected chi connectivity index (χ4v) is 3.62. The maximum absolute atomic E-state index is 6.06. The van der Waals surface area contributed by atoms with Gasteiger partial charge in [-0.15, -0.1) is 0 Å². The first-order valence-electron chi connectivity index (χ1n) is 8.04. The normalized spacial score (nSPS) is 11.4. The molecule has 0 aliphatic rings. The van der Waals surface area contributed by atoms with Gasteiger partial charge in [0.25, 0.3) is 0 Å². The van der Waals surface area contributed by atoms with Crippen LogP contribution in [0.15, 0.2) is 36.5 Å². The largest absolute Gasteiger partial charge is 0.398 e. The average molecular weight is 326 g/mol. The second kappa shape index (κ2) is 7.06. The molecule has 3 rings (SSSR count). The van der Waals surface area contributed by atoms with Crippen LogP contribution in [0.2, 0.25) is 0 Å². The summed E-state index contributed by atoms with van der Waals surface area (Å²) in [5, 5.41) is 0.934. The third kappa shape index (κ3) is 3.51.